The zero-order valence-electron chi connectivity index (χ0n) is 13.0. The van der Waals surface area contributed by atoms with E-state index < -0.39 is 0 Å². The SMILES string of the molecule is CCCCCCCCCCCC(CC)n1ccnc1. The third-order valence-electron chi connectivity index (χ3n) is 4.06. The summed E-state index contributed by atoms with van der Waals surface area (Å²) in [6.45, 7) is 4.56. The van der Waals surface area contributed by atoms with Gasteiger partial charge in [0.25, 0.3) is 0 Å². The van der Waals surface area contributed by atoms with Crippen LogP contribution in [0.1, 0.15) is 90.5 Å². The highest BCUT2D eigenvalue weighted by Gasteiger charge is 2.06. The topological polar surface area (TPSA) is 17.8 Å². The molecule has 0 saturated carbocycles. The summed E-state index contributed by atoms with van der Waals surface area (Å²) < 4.78 is 2.27. The predicted octanol–water partition coefficient (Wildman–Crippen LogP) is 5.76. The molecular formula is C17H32N2. The lowest BCUT2D eigenvalue weighted by atomic mass is 10.0. The first-order valence-electron chi connectivity index (χ1n) is 8.36. The fourth-order valence-corrected chi connectivity index (χ4v) is 2.74. The van der Waals surface area contributed by atoms with Crippen molar-refractivity contribution in [2.24, 2.45) is 0 Å². The average Bonchev–Trinajstić information content (AvgIpc) is 2.95. The van der Waals surface area contributed by atoms with Crippen LogP contribution in [0.2, 0.25) is 0 Å². The molecule has 2 heteroatoms. The van der Waals surface area contributed by atoms with Gasteiger partial charge in [-0.2, -0.15) is 0 Å². The first kappa shape index (κ1) is 16.3. The normalized spacial score (nSPS) is 12.7. The molecule has 0 bridgehead atoms. The monoisotopic (exact) mass is 264 g/mol. The van der Waals surface area contributed by atoms with Crippen LogP contribution in [0.3, 0.4) is 0 Å². The Morgan fingerprint density at radius 2 is 1.53 bits per heavy atom. The van der Waals surface area contributed by atoms with Crippen LogP contribution in [-0.2, 0) is 0 Å². The van der Waals surface area contributed by atoms with E-state index in [4.69, 9.17) is 0 Å². The van der Waals surface area contributed by atoms with Crippen molar-refractivity contribution in [1.29, 1.82) is 0 Å². The van der Waals surface area contributed by atoms with Gasteiger partial charge in [-0.1, -0.05) is 71.6 Å². The number of rotatable bonds is 12. The molecule has 110 valence electrons. The van der Waals surface area contributed by atoms with Crippen LogP contribution in [0.5, 0.6) is 0 Å². The Balaban J connectivity index is 1.95. The minimum atomic E-state index is 0.659. The molecule has 1 heterocycles. The fraction of sp³-hybridized carbons (Fsp3) is 0.824. The quantitative estimate of drug-likeness (QED) is 0.439. The van der Waals surface area contributed by atoms with Gasteiger partial charge < -0.3 is 4.57 Å². The van der Waals surface area contributed by atoms with E-state index in [0.29, 0.717) is 6.04 Å². The molecule has 1 aromatic heterocycles. The van der Waals surface area contributed by atoms with Crippen LogP contribution >= 0.6 is 0 Å². The van der Waals surface area contributed by atoms with Crippen LogP contribution in [0.25, 0.3) is 0 Å². The van der Waals surface area contributed by atoms with Crippen molar-refractivity contribution < 1.29 is 0 Å². The summed E-state index contributed by atoms with van der Waals surface area (Å²) in [7, 11) is 0. The maximum absolute atomic E-state index is 4.15. The smallest absolute Gasteiger partial charge is 0.0948 e. The van der Waals surface area contributed by atoms with Gasteiger partial charge in [0.15, 0.2) is 0 Å². The van der Waals surface area contributed by atoms with Gasteiger partial charge in [0, 0.05) is 18.4 Å². The number of nitrogens with zero attached hydrogens (tertiary/aromatic N) is 2. The van der Waals surface area contributed by atoms with Gasteiger partial charge >= 0.3 is 0 Å². The third kappa shape index (κ3) is 7.39. The minimum absolute atomic E-state index is 0.659. The van der Waals surface area contributed by atoms with Gasteiger partial charge in [0.1, 0.15) is 0 Å². The predicted molar refractivity (Wildman–Crippen MR) is 83.4 cm³/mol. The van der Waals surface area contributed by atoms with Crippen LogP contribution < -0.4 is 0 Å². The first-order chi connectivity index (χ1) is 9.38. The van der Waals surface area contributed by atoms with Crippen molar-refractivity contribution in [1.82, 2.24) is 9.55 Å². The number of unbranched alkanes of at least 4 members (excludes halogenated alkanes) is 8. The molecule has 0 aromatic carbocycles. The summed E-state index contributed by atoms with van der Waals surface area (Å²) in [5.74, 6) is 0. The molecule has 0 spiro atoms. The molecular weight excluding hydrogens is 232 g/mol. The highest BCUT2D eigenvalue weighted by Crippen LogP contribution is 2.19. The number of imidazole rings is 1. The second-order valence-electron chi connectivity index (χ2n) is 5.69. The van der Waals surface area contributed by atoms with E-state index in [2.05, 4.69) is 29.6 Å². The molecule has 2 nitrogen and oxygen atoms in total. The van der Waals surface area contributed by atoms with Gasteiger partial charge in [0.2, 0.25) is 0 Å². The summed E-state index contributed by atoms with van der Waals surface area (Å²) in [5, 5.41) is 0. The second kappa shape index (κ2) is 11.1. The molecule has 1 rings (SSSR count). The van der Waals surface area contributed by atoms with Gasteiger partial charge in [-0.3, -0.25) is 0 Å². The van der Waals surface area contributed by atoms with Gasteiger partial charge in [-0.15, -0.1) is 0 Å². The molecule has 19 heavy (non-hydrogen) atoms. The van der Waals surface area contributed by atoms with Gasteiger partial charge in [-0.25, -0.2) is 4.98 Å². The highest BCUT2D eigenvalue weighted by atomic mass is 15.0. The zero-order valence-corrected chi connectivity index (χ0v) is 13.0. The number of aromatic nitrogens is 2. The Kier molecular flexibility index (Phi) is 9.48. The number of hydrogen-bond donors (Lipinski definition) is 0. The Morgan fingerprint density at radius 1 is 0.895 bits per heavy atom. The van der Waals surface area contributed by atoms with E-state index in [1.165, 1.54) is 70.6 Å². The molecule has 0 amide bonds. The fourth-order valence-electron chi connectivity index (χ4n) is 2.74. The van der Waals surface area contributed by atoms with E-state index >= 15 is 0 Å². The van der Waals surface area contributed by atoms with Crippen molar-refractivity contribution in [3.63, 3.8) is 0 Å². The summed E-state index contributed by atoms with van der Waals surface area (Å²) >= 11 is 0. The summed E-state index contributed by atoms with van der Waals surface area (Å²) in [6.07, 6.45) is 21.2. The molecule has 0 N–H and O–H groups in total. The van der Waals surface area contributed by atoms with E-state index in [-0.39, 0.29) is 0 Å². The van der Waals surface area contributed by atoms with Crippen molar-refractivity contribution >= 4 is 0 Å². The van der Waals surface area contributed by atoms with E-state index in [1.54, 1.807) is 0 Å². The largest absolute Gasteiger partial charge is 0.334 e. The highest BCUT2D eigenvalue weighted by molar-refractivity contribution is 4.79. The van der Waals surface area contributed by atoms with Gasteiger partial charge in [-0.05, 0) is 12.8 Å². The van der Waals surface area contributed by atoms with Crippen molar-refractivity contribution in [3.8, 4) is 0 Å². The zero-order chi connectivity index (χ0) is 13.8. The van der Waals surface area contributed by atoms with Crippen molar-refractivity contribution in [3.05, 3.63) is 18.7 Å². The van der Waals surface area contributed by atoms with E-state index in [9.17, 15) is 0 Å². The second-order valence-corrected chi connectivity index (χ2v) is 5.69. The van der Waals surface area contributed by atoms with Crippen LogP contribution in [0, 0.1) is 0 Å². The summed E-state index contributed by atoms with van der Waals surface area (Å²) in [4.78, 5) is 4.15. The maximum Gasteiger partial charge on any atom is 0.0948 e. The van der Waals surface area contributed by atoms with Gasteiger partial charge in [0.05, 0.1) is 6.33 Å². The lowest BCUT2D eigenvalue weighted by Crippen LogP contribution is -2.05. The molecule has 1 atom stereocenters. The average molecular weight is 264 g/mol. The standard InChI is InChI=1S/C17H32N2/c1-3-5-6-7-8-9-10-11-12-13-17(4-2)19-15-14-18-16-19/h14-17H,3-13H2,1-2H3. The Labute approximate surface area is 119 Å². The van der Waals surface area contributed by atoms with Crippen LogP contribution in [-0.4, -0.2) is 9.55 Å². The van der Waals surface area contributed by atoms with E-state index in [0.717, 1.165) is 0 Å². The Hall–Kier alpha value is -0.790. The maximum atomic E-state index is 4.15. The van der Waals surface area contributed by atoms with E-state index in [1.807, 2.05) is 12.5 Å². The molecule has 0 fully saturated rings. The minimum Gasteiger partial charge on any atom is -0.334 e. The first-order valence-corrected chi connectivity index (χ1v) is 8.36. The molecule has 0 radical (unpaired) electrons. The van der Waals surface area contributed by atoms with Crippen LogP contribution in [0.15, 0.2) is 18.7 Å². The van der Waals surface area contributed by atoms with Crippen molar-refractivity contribution in [2.45, 2.75) is 90.5 Å². The summed E-state index contributed by atoms with van der Waals surface area (Å²) in [6, 6.07) is 0.659. The number of hydrogen-bond acceptors (Lipinski definition) is 1. The molecule has 1 unspecified atom stereocenters. The Morgan fingerprint density at radius 3 is 2.05 bits per heavy atom. The molecule has 1 aromatic rings. The molecule has 0 aliphatic carbocycles. The van der Waals surface area contributed by atoms with Crippen LogP contribution in [0.4, 0.5) is 0 Å². The Bertz CT molecular complexity index is 279. The summed E-state index contributed by atoms with van der Waals surface area (Å²) in [5.41, 5.74) is 0. The molecule has 0 aliphatic rings. The van der Waals surface area contributed by atoms with Crippen molar-refractivity contribution in [2.75, 3.05) is 0 Å². The third-order valence-corrected chi connectivity index (χ3v) is 4.06. The molecule has 0 saturated heterocycles. The lowest BCUT2D eigenvalue weighted by Gasteiger charge is -2.16. The molecule has 0 aliphatic heterocycles. The lowest BCUT2D eigenvalue weighted by molar-refractivity contribution is 0.425.